The van der Waals surface area contributed by atoms with Gasteiger partial charge in [-0.25, -0.2) is 0 Å². The highest BCUT2D eigenvalue weighted by atomic mass is 32.1. The smallest absolute Gasteiger partial charge is 0.310 e. The first-order valence-corrected chi connectivity index (χ1v) is 9.00. The van der Waals surface area contributed by atoms with E-state index in [1.807, 2.05) is 0 Å². The number of hydrogen-bond donors (Lipinski definition) is 3. The first-order chi connectivity index (χ1) is 11.5. The van der Waals surface area contributed by atoms with Gasteiger partial charge in [0.15, 0.2) is 0 Å². The number of fused-ring (bicyclic) bond motifs is 2. The van der Waals surface area contributed by atoms with Crippen LogP contribution in [-0.4, -0.2) is 41.1 Å². The number of ether oxygens (including phenoxy) is 1. The molecule has 2 saturated heterocycles. The number of aliphatic carboxylic acids is 1. The lowest BCUT2D eigenvalue weighted by molar-refractivity contribution is -0.147. The molecule has 24 heavy (non-hydrogen) atoms. The molecule has 0 spiro atoms. The summed E-state index contributed by atoms with van der Waals surface area (Å²) in [6, 6.07) is 1.90. The molecule has 2 amide bonds. The summed E-state index contributed by atoms with van der Waals surface area (Å²) < 4.78 is 5.62. The second-order valence-electron chi connectivity index (χ2n) is 6.58. The fourth-order valence-corrected chi connectivity index (χ4v) is 4.38. The fourth-order valence-electron chi connectivity index (χ4n) is 3.60. The molecule has 3 fully saturated rings. The maximum Gasteiger partial charge on any atom is 0.310 e. The van der Waals surface area contributed by atoms with E-state index in [9.17, 15) is 19.5 Å². The summed E-state index contributed by atoms with van der Waals surface area (Å²) >= 11 is 1.26. The van der Waals surface area contributed by atoms with E-state index in [0.29, 0.717) is 23.4 Å². The molecule has 1 saturated carbocycles. The van der Waals surface area contributed by atoms with Crippen molar-refractivity contribution in [2.45, 2.75) is 43.9 Å². The van der Waals surface area contributed by atoms with Crippen molar-refractivity contribution in [3.05, 3.63) is 17.0 Å². The monoisotopic (exact) mass is 350 g/mol. The Labute approximate surface area is 142 Å². The van der Waals surface area contributed by atoms with E-state index < -0.39 is 17.8 Å². The minimum Gasteiger partial charge on any atom is -0.481 e. The molecule has 0 radical (unpaired) electrons. The lowest BCUT2D eigenvalue weighted by Crippen LogP contribution is -2.41. The van der Waals surface area contributed by atoms with E-state index in [1.54, 1.807) is 11.4 Å². The van der Waals surface area contributed by atoms with Crippen LogP contribution in [0.2, 0.25) is 0 Å². The molecule has 3 N–H and O–H groups in total. The molecule has 3 heterocycles. The number of carbonyl (C=O) groups is 3. The van der Waals surface area contributed by atoms with Gasteiger partial charge in [0.25, 0.3) is 5.91 Å². The number of nitrogens with one attached hydrogen (secondary N) is 2. The molecule has 0 unspecified atom stereocenters. The van der Waals surface area contributed by atoms with E-state index >= 15 is 0 Å². The van der Waals surface area contributed by atoms with Crippen molar-refractivity contribution in [3.8, 4) is 0 Å². The molecular formula is C16H18N2O5S. The Morgan fingerprint density at radius 2 is 1.83 bits per heavy atom. The maximum absolute atomic E-state index is 12.6. The first kappa shape index (κ1) is 15.6. The molecule has 8 heteroatoms. The molecule has 7 nitrogen and oxygen atoms in total. The fraction of sp³-hybridized carbons (Fsp3) is 0.562. The van der Waals surface area contributed by atoms with Crippen LogP contribution in [0.1, 0.15) is 36.0 Å². The van der Waals surface area contributed by atoms with Crippen LogP contribution in [0.3, 0.4) is 0 Å². The highest BCUT2D eigenvalue weighted by Crippen LogP contribution is 2.44. The standard InChI is InChI=1S/C16H18N2O5S/c19-13(17-7-1-2-7)8-5-6-24-15(8)18-14(20)11-9-3-4-10(23-9)12(11)16(21)22/h5-7,9-12H,1-4H2,(H,17,19)(H,18,20)(H,21,22)/t9-,10-,11-,12+/m1/s1. The Bertz CT molecular complexity index is 698. The number of hydrogen-bond acceptors (Lipinski definition) is 5. The number of carboxylic acids is 1. The number of carboxylic acid groups (broad SMARTS) is 1. The van der Waals surface area contributed by atoms with Crippen LogP contribution in [0.15, 0.2) is 11.4 Å². The Hall–Kier alpha value is -1.93. The number of rotatable bonds is 5. The zero-order chi connectivity index (χ0) is 16.8. The minimum atomic E-state index is -1.000. The van der Waals surface area contributed by atoms with Gasteiger partial charge in [-0.3, -0.25) is 14.4 Å². The van der Waals surface area contributed by atoms with Gasteiger partial charge >= 0.3 is 5.97 Å². The van der Waals surface area contributed by atoms with Crippen LogP contribution in [0.5, 0.6) is 0 Å². The third-order valence-corrected chi connectivity index (χ3v) is 5.75. The molecule has 1 aliphatic carbocycles. The number of anilines is 1. The van der Waals surface area contributed by atoms with Crippen LogP contribution >= 0.6 is 11.3 Å². The second kappa shape index (κ2) is 5.86. The van der Waals surface area contributed by atoms with Gasteiger partial charge in [0.05, 0.1) is 29.6 Å². The van der Waals surface area contributed by atoms with Gasteiger partial charge in [0, 0.05) is 6.04 Å². The molecule has 4 rings (SSSR count). The van der Waals surface area contributed by atoms with Gasteiger partial charge in [0.1, 0.15) is 5.00 Å². The van der Waals surface area contributed by atoms with Crippen molar-refractivity contribution in [1.29, 1.82) is 0 Å². The zero-order valence-corrected chi connectivity index (χ0v) is 13.7. The summed E-state index contributed by atoms with van der Waals surface area (Å²) in [5.41, 5.74) is 0.427. The highest BCUT2D eigenvalue weighted by Gasteiger charge is 2.55. The van der Waals surface area contributed by atoms with Crippen LogP contribution in [0, 0.1) is 11.8 Å². The first-order valence-electron chi connectivity index (χ1n) is 8.12. The van der Waals surface area contributed by atoms with Gasteiger partial charge in [-0.15, -0.1) is 11.3 Å². The van der Waals surface area contributed by atoms with Gasteiger partial charge in [-0.05, 0) is 37.1 Å². The molecule has 1 aromatic rings. The summed E-state index contributed by atoms with van der Waals surface area (Å²) in [5.74, 6) is -3.10. The van der Waals surface area contributed by atoms with E-state index in [4.69, 9.17) is 4.74 Å². The normalized spacial score (nSPS) is 31.0. The summed E-state index contributed by atoms with van der Waals surface area (Å²) in [6.45, 7) is 0. The van der Waals surface area contributed by atoms with Crippen LogP contribution in [-0.2, 0) is 14.3 Å². The quantitative estimate of drug-likeness (QED) is 0.746. The summed E-state index contributed by atoms with van der Waals surface area (Å²) in [4.78, 5) is 36.3. The zero-order valence-electron chi connectivity index (χ0n) is 12.9. The van der Waals surface area contributed by atoms with Crippen molar-refractivity contribution in [2.75, 3.05) is 5.32 Å². The lowest BCUT2D eigenvalue weighted by atomic mass is 9.79. The Morgan fingerprint density at radius 1 is 1.12 bits per heavy atom. The molecule has 2 aliphatic heterocycles. The van der Waals surface area contributed by atoms with E-state index in [2.05, 4.69) is 10.6 Å². The van der Waals surface area contributed by atoms with E-state index in [0.717, 1.165) is 12.8 Å². The van der Waals surface area contributed by atoms with Gasteiger partial charge in [-0.1, -0.05) is 0 Å². The van der Waals surface area contributed by atoms with Crippen LogP contribution in [0.4, 0.5) is 5.00 Å². The molecule has 1 aromatic heterocycles. The van der Waals surface area contributed by atoms with Crippen molar-refractivity contribution in [3.63, 3.8) is 0 Å². The van der Waals surface area contributed by atoms with Crippen molar-refractivity contribution in [2.24, 2.45) is 11.8 Å². The average Bonchev–Trinajstić information content (AvgIpc) is 2.98. The minimum absolute atomic E-state index is 0.201. The van der Waals surface area contributed by atoms with Crippen LogP contribution < -0.4 is 10.6 Å². The summed E-state index contributed by atoms with van der Waals surface area (Å²) in [7, 11) is 0. The molecule has 4 atom stereocenters. The van der Waals surface area contributed by atoms with E-state index in [-0.39, 0.29) is 30.1 Å². The molecule has 0 aromatic carbocycles. The third-order valence-electron chi connectivity index (χ3n) is 4.92. The topological polar surface area (TPSA) is 105 Å². The summed E-state index contributed by atoms with van der Waals surface area (Å²) in [5, 5.41) is 17.3. The molecule has 2 bridgehead atoms. The largest absolute Gasteiger partial charge is 0.481 e. The van der Waals surface area contributed by atoms with Crippen molar-refractivity contribution < 1.29 is 24.2 Å². The van der Waals surface area contributed by atoms with Gasteiger partial charge < -0.3 is 20.5 Å². The number of carbonyl (C=O) groups excluding carboxylic acids is 2. The lowest BCUT2D eigenvalue weighted by Gasteiger charge is -2.23. The number of thiophene rings is 1. The summed E-state index contributed by atoms with van der Waals surface area (Å²) in [6.07, 6.45) is 2.62. The van der Waals surface area contributed by atoms with Crippen molar-refractivity contribution >= 4 is 34.1 Å². The second-order valence-corrected chi connectivity index (χ2v) is 7.50. The molecule has 3 aliphatic rings. The third kappa shape index (κ3) is 2.69. The average molecular weight is 350 g/mol. The predicted octanol–water partition coefficient (Wildman–Crippen LogP) is 1.46. The Kier molecular flexibility index (Phi) is 3.80. The highest BCUT2D eigenvalue weighted by molar-refractivity contribution is 7.14. The molecule has 128 valence electrons. The Morgan fingerprint density at radius 3 is 2.50 bits per heavy atom. The van der Waals surface area contributed by atoms with Crippen LogP contribution in [0.25, 0.3) is 0 Å². The number of amides is 2. The Balaban J connectivity index is 1.49. The van der Waals surface area contributed by atoms with Crippen molar-refractivity contribution in [1.82, 2.24) is 5.32 Å². The predicted molar refractivity (Wildman–Crippen MR) is 85.9 cm³/mol. The van der Waals surface area contributed by atoms with E-state index in [1.165, 1.54) is 11.3 Å². The maximum atomic E-state index is 12.6. The molecular weight excluding hydrogens is 332 g/mol. The SMILES string of the molecule is O=C(NC1CC1)c1ccsc1NC(=O)[C@H]1[C@@H](C(=O)O)[C@H]2CC[C@H]1O2. The van der Waals surface area contributed by atoms with Gasteiger partial charge in [-0.2, -0.15) is 0 Å². The van der Waals surface area contributed by atoms with Gasteiger partial charge in [0.2, 0.25) is 5.91 Å².